The Labute approximate surface area is 261 Å². The third-order valence-electron chi connectivity index (χ3n) is 8.22. The summed E-state index contributed by atoms with van der Waals surface area (Å²) in [6.07, 6.45) is 2.09. The van der Waals surface area contributed by atoms with Crippen LogP contribution in [-0.2, 0) is 22.0 Å². The molecular weight excluding hydrogens is 596 g/mol. The normalized spacial score (nSPS) is 13.3. The second-order valence-corrected chi connectivity index (χ2v) is 11.8. The van der Waals surface area contributed by atoms with Gasteiger partial charge in [-0.15, -0.1) is 0 Å². The van der Waals surface area contributed by atoms with Crippen LogP contribution in [0, 0.1) is 6.92 Å². The number of nitrogens with one attached hydrogen (secondary N) is 1. The number of carbonyl (C=O) groups is 1. The Kier molecular flexibility index (Phi) is 7.92. The quantitative estimate of drug-likeness (QED) is 0.171. The zero-order valence-corrected chi connectivity index (χ0v) is 26.0. The van der Waals surface area contributed by atoms with E-state index in [1.165, 1.54) is 7.11 Å². The number of rotatable bonds is 8. The predicted octanol–water partition coefficient (Wildman–Crippen LogP) is 9.23. The third-order valence-corrected chi connectivity index (χ3v) is 8.75. The summed E-state index contributed by atoms with van der Waals surface area (Å²) in [4.78, 5) is 14.6. The number of halogens is 1. The van der Waals surface area contributed by atoms with Crippen LogP contribution in [0.25, 0.3) is 22.0 Å². The highest BCUT2D eigenvalue weighted by Crippen LogP contribution is 2.49. The van der Waals surface area contributed by atoms with Gasteiger partial charge in [0.15, 0.2) is 0 Å². The van der Waals surface area contributed by atoms with E-state index < -0.39 is 11.5 Å². The number of esters is 1. The van der Waals surface area contributed by atoms with Crippen molar-refractivity contribution in [2.24, 2.45) is 7.05 Å². The first-order valence-corrected chi connectivity index (χ1v) is 15.1. The maximum absolute atomic E-state index is 14.6. The Morgan fingerprint density at radius 1 is 0.814 bits per heavy atom. The van der Waals surface area contributed by atoms with Gasteiger partial charge in [0, 0.05) is 39.9 Å². The molecule has 43 heavy (non-hydrogen) atoms. The van der Waals surface area contributed by atoms with Crippen molar-refractivity contribution in [1.82, 2.24) is 4.57 Å². The van der Waals surface area contributed by atoms with E-state index in [4.69, 9.17) is 4.74 Å². The molecule has 0 aliphatic heterocycles. The molecule has 214 valence electrons. The van der Waals surface area contributed by atoms with Crippen molar-refractivity contribution in [2.75, 3.05) is 12.4 Å². The van der Waals surface area contributed by atoms with Crippen LogP contribution < -0.4 is 5.32 Å². The van der Waals surface area contributed by atoms with Crippen molar-refractivity contribution in [3.05, 3.63) is 160 Å². The number of anilines is 1. The molecule has 0 amide bonds. The van der Waals surface area contributed by atoms with E-state index in [0.29, 0.717) is 0 Å². The van der Waals surface area contributed by atoms with Crippen LogP contribution in [0.5, 0.6) is 0 Å². The van der Waals surface area contributed by atoms with E-state index in [0.717, 1.165) is 54.4 Å². The highest BCUT2D eigenvalue weighted by Gasteiger charge is 2.52. The topological polar surface area (TPSA) is 43.3 Å². The van der Waals surface area contributed by atoms with E-state index in [1.54, 1.807) is 0 Å². The lowest BCUT2D eigenvalue weighted by Gasteiger charge is -2.40. The summed E-state index contributed by atoms with van der Waals surface area (Å²) in [5.41, 5.74) is 6.75. The fraction of sp³-hybridized carbons (Fsp3) is 0.132. The Bertz CT molecular complexity index is 1880. The number of hydrogen-bond donors (Lipinski definition) is 1. The number of hydrogen-bond acceptors (Lipinski definition) is 3. The molecule has 0 saturated heterocycles. The van der Waals surface area contributed by atoms with E-state index >= 15 is 0 Å². The van der Waals surface area contributed by atoms with Crippen LogP contribution in [0.3, 0.4) is 0 Å². The summed E-state index contributed by atoms with van der Waals surface area (Å²) in [5, 5.41) is 4.78. The molecule has 1 N–H and O–H groups in total. The maximum atomic E-state index is 14.6. The van der Waals surface area contributed by atoms with Gasteiger partial charge in [-0.1, -0.05) is 113 Å². The number of fused-ring (bicyclic) bond motifs is 1. The molecule has 2 atom stereocenters. The molecule has 6 rings (SSSR count). The van der Waals surface area contributed by atoms with Crippen LogP contribution >= 0.6 is 15.9 Å². The average Bonchev–Trinajstić information content (AvgIpc) is 3.38. The number of benzene rings is 5. The number of carbonyl (C=O) groups excluding carboxylic acids is 1. The van der Waals surface area contributed by atoms with Gasteiger partial charge in [-0.05, 0) is 65.1 Å². The summed E-state index contributed by atoms with van der Waals surface area (Å²) in [5.74, 6) is -0.344. The third kappa shape index (κ3) is 5.26. The van der Waals surface area contributed by atoms with Crippen LogP contribution in [0.15, 0.2) is 138 Å². The minimum atomic E-state index is -1.26. The summed E-state index contributed by atoms with van der Waals surface area (Å²) in [6, 6.07) is 42.7. The molecule has 0 fully saturated rings. The Balaban J connectivity index is 1.68. The first kappa shape index (κ1) is 28.5. The molecule has 1 aromatic heterocycles. The van der Waals surface area contributed by atoms with Gasteiger partial charge in [0.05, 0.1) is 13.2 Å². The van der Waals surface area contributed by atoms with Crippen LogP contribution in [0.2, 0.25) is 0 Å². The molecular formula is C38H33BrN2O2. The van der Waals surface area contributed by atoms with Gasteiger partial charge in [-0.2, -0.15) is 0 Å². The lowest BCUT2D eigenvalue weighted by Crippen LogP contribution is -2.46. The Hall–Kier alpha value is -4.61. The zero-order chi connectivity index (χ0) is 30.0. The number of ether oxygens (including phenoxy) is 1. The van der Waals surface area contributed by atoms with Crippen molar-refractivity contribution < 1.29 is 9.53 Å². The van der Waals surface area contributed by atoms with Gasteiger partial charge in [-0.25, -0.2) is 0 Å². The van der Waals surface area contributed by atoms with Gasteiger partial charge >= 0.3 is 5.97 Å². The van der Waals surface area contributed by atoms with E-state index in [-0.39, 0.29) is 5.97 Å². The molecule has 0 bridgehead atoms. The van der Waals surface area contributed by atoms with E-state index in [9.17, 15) is 4.79 Å². The van der Waals surface area contributed by atoms with Crippen LogP contribution in [-0.4, -0.2) is 17.6 Å². The van der Waals surface area contributed by atoms with Crippen molar-refractivity contribution in [3.63, 3.8) is 0 Å². The van der Waals surface area contributed by atoms with Gasteiger partial charge in [0.2, 0.25) is 0 Å². The fourth-order valence-electron chi connectivity index (χ4n) is 6.19. The van der Waals surface area contributed by atoms with Crippen molar-refractivity contribution in [2.45, 2.75) is 18.4 Å². The van der Waals surface area contributed by atoms with Crippen molar-refractivity contribution in [1.29, 1.82) is 0 Å². The van der Waals surface area contributed by atoms with Gasteiger partial charge in [0.1, 0.15) is 5.41 Å². The molecule has 0 saturated carbocycles. The second kappa shape index (κ2) is 11.9. The molecule has 1 heterocycles. The lowest BCUT2D eigenvalue weighted by molar-refractivity contribution is -0.146. The molecule has 5 aromatic carbocycles. The minimum Gasteiger partial charge on any atom is -0.468 e. The largest absolute Gasteiger partial charge is 0.468 e. The number of aromatic nitrogens is 1. The SMILES string of the molecule is COC(=O)[C@](c1ccc(Br)cc1)(c1cn(C)c2cc(-c3ccccc3)ccc12)[C@@H](Nc1cccc(C)c1)c1ccccc1. The summed E-state index contributed by atoms with van der Waals surface area (Å²) >= 11 is 3.60. The van der Waals surface area contributed by atoms with Crippen LogP contribution in [0.4, 0.5) is 5.69 Å². The molecule has 0 aliphatic rings. The van der Waals surface area contributed by atoms with E-state index in [2.05, 4.69) is 93.5 Å². The Morgan fingerprint density at radius 2 is 1.51 bits per heavy atom. The van der Waals surface area contributed by atoms with E-state index in [1.807, 2.05) is 79.8 Å². The fourth-order valence-corrected chi connectivity index (χ4v) is 6.46. The average molecular weight is 630 g/mol. The molecule has 4 nitrogen and oxygen atoms in total. The molecule has 0 spiro atoms. The highest BCUT2D eigenvalue weighted by atomic mass is 79.9. The zero-order valence-electron chi connectivity index (χ0n) is 24.4. The van der Waals surface area contributed by atoms with Gasteiger partial charge in [0.25, 0.3) is 0 Å². The summed E-state index contributed by atoms with van der Waals surface area (Å²) < 4.78 is 8.82. The van der Waals surface area contributed by atoms with Crippen LogP contribution in [0.1, 0.15) is 28.3 Å². The maximum Gasteiger partial charge on any atom is 0.323 e. The van der Waals surface area contributed by atoms with Crippen molar-refractivity contribution in [3.8, 4) is 11.1 Å². The molecule has 0 radical (unpaired) electrons. The first-order valence-electron chi connectivity index (χ1n) is 14.3. The molecule has 0 aliphatic carbocycles. The predicted molar refractivity (Wildman–Crippen MR) is 179 cm³/mol. The standard InChI is InChI=1S/C38H33BrN2O2/c1-26-11-10-16-32(23-26)40-36(28-14-8-5-9-15-28)38(37(42)43-3,30-18-20-31(39)21-19-30)34-25-41(2)35-24-29(17-22-33(34)35)27-12-6-4-7-13-27/h4-25,36,40H,1-3H3/t36-,38+/m0/s1. The molecule has 5 heteroatoms. The summed E-state index contributed by atoms with van der Waals surface area (Å²) in [7, 11) is 3.51. The molecule has 0 unspecified atom stereocenters. The first-order chi connectivity index (χ1) is 20.9. The lowest BCUT2D eigenvalue weighted by atomic mass is 9.66. The second-order valence-electron chi connectivity index (χ2n) is 10.9. The van der Waals surface area contributed by atoms with Crippen molar-refractivity contribution >= 4 is 38.5 Å². The number of methoxy groups -OCH3 is 1. The van der Waals surface area contributed by atoms with Gasteiger partial charge < -0.3 is 14.6 Å². The summed E-state index contributed by atoms with van der Waals surface area (Å²) in [6.45, 7) is 2.07. The smallest absolute Gasteiger partial charge is 0.323 e. The molecule has 6 aromatic rings. The number of aryl methyl sites for hydroxylation is 2. The minimum absolute atomic E-state index is 0.344. The monoisotopic (exact) mass is 628 g/mol. The number of nitrogens with zero attached hydrogens (tertiary/aromatic N) is 1. The Morgan fingerprint density at radius 3 is 2.19 bits per heavy atom. The van der Waals surface area contributed by atoms with Gasteiger partial charge in [-0.3, -0.25) is 4.79 Å². The highest BCUT2D eigenvalue weighted by molar-refractivity contribution is 9.10.